The fraction of sp³-hybridized carbons (Fsp3) is 0.333. The highest BCUT2D eigenvalue weighted by Crippen LogP contribution is 2.10. The summed E-state index contributed by atoms with van der Waals surface area (Å²) in [6.45, 7) is 1.58. The van der Waals surface area contributed by atoms with E-state index in [1.165, 1.54) is 24.3 Å². The number of nitrogens with zero attached hydrogens (tertiary/aromatic N) is 1. The highest BCUT2D eigenvalue weighted by Gasteiger charge is 2.11. The van der Waals surface area contributed by atoms with Gasteiger partial charge in [-0.2, -0.15) is 0 Å². The van der Waals surface area contributed by atoms with Crippen molar-refractivity contribution in [3.05, 3.63) is 29.8 Å². The van der Waals surface area contributed by atoms with Gasteiger partial charge in [0.05, 0.1) is 33.6 Å². The molecule has 0 aromatic heterocycles. The molecule has 1 aromatic rings. The molecule has 1 rings (SSSR count). The topological polar surface area (TPSA) is 77.4 Å². The van der Waals surface area contributed by atoms with Crippen molar-refractivity contribution in [1.29, 1.82) is 0 Å². The Morgan fingerprint density at radius 1 is 1.18 bits per heavy atom. The minimum atomic E-state index is -1.18. The van der Waals surface area contributed by atoms with Gasteiger partial charge < -0.3 is 10.2 Å². The standard InChI is InChI=1S/C7H6O3.C5H12NO/c8-6-4-2-1-3-5(6)7(9)10;1-5(7)6(2,3)4/h1-4,8H,(H,9,10);1-4H3/q;+1/p-1. The molecule has 94 valence electrons. The van der Waals surface area contributed by atoms with Crippen LogP contribution in [-0.2, 0) is 4.79 Å². The molecule has 0 aliphatic heterocycles. The van der Waals surface area contributed by atoms with Crippen LogP contribution < -0.4 is 5.11 Å². The van der Waals surface area contributed by atoms with E-state index in [9.17, 15) is 14.7 Å². The van der Waals surface area contributed by atoms with Crippen molar-refractivity contribution in [3.63, 3.8) is 0 Å². The van der Waals surface area contributed by atoms with Crippen LogP contribution in [0.3, 0.4) is 0 Å². The molecular formula is C12H17NO4. The third-order valence-corrected chi connectivity index (χ3v) is 2.06. The van der Waals surface area contributed by atoms with Crippen LogP contribution >= 0.6 is 0 Å². The zero-order chi connectivity index (χ0) is 13.6. The predicted octanol–water partition coefficient (Wildman–Crippen LogP) is 0.697. The van der Waals surface area contributed by atoms with E-state index in [0.29, 0.717) is 4.48 Å². The summed E-state index contributed by atoms with van der Waals surface area (Å²) in [6.07, 6.45) is 0. The first-order chi connectivity index (χ1) is 7.66. The van der Waals surface area contributed by atoms with Crippen molar-refractivity contribution < 1.29 is 24.3 Å². The molecule has 0 heterocycles. The van der Waals surface area contributed by atoms with Gasteiger partial charge in [0.1, 0.15) is 0 Å². The van der Waals surface area contributed by atoms with Crippen LogP contribution in [0.1, 0.15) is 17.3 Å². The van der Waals surface area contributed by atoms with Gasteiger partial charge in [0, 0.05) is 0 Å². The van der Waals surface area contributed by atoms with Crippen LogP contribution in [0.2, 0.25) is 0 Å². The minimum absolute atomic E-state index is 0.178. The summed E-state index contributed by atoms with van der Waals surface area (Å²) in [5.41, 5.74) is -0.178. The molecule has 0 atom stereocenters. The molecule has 1 aromatic carbocycles. The lowest BCUT2D eigenvalue weighted by atomic mass is 10.2. The number of carboxylic acid groups (broad SMARTS) is 1. The summed E-state index contributed by atoms with van der Waals surface area (Å²) in [7, 11) is 5.55. The lowest BCUT2D eigenvalue weighted by molar-refractivity contribution is -0.791. The van der Waals surface area contributed by atoms with Gasteiger partial charge in [0.25, 0.3) is 0 Å². The van der Waals surface area contributed by atoms with Gasteiger partial charge in [0.2, 0.25) is 0 Å². The number of carboxylic acids is 1. The largest absolute Gasteiger partial charge is 0.872 e. The highest BCUT2D eigenvalue weighted by molar-refractivity contribution is 5.90. The van der Waals surface area contributed by atoms with Crippen molar-refractivity contribution in [2.24, 2.45) is 0 Å². The number of hydrogen-bond donors (Lipinski definition) is 1. The van der Waals surface area contributed by atoms with E-state index in [1.54, 1.807) is 6.92 Å². The number of hydrogen-bond acceptors (Lipinski definition) is 3. The van der Waals surface area contributed by atoms with Crippen molar-refractivity contribution >= 4 is 11.9 Å². The molecule has 0 aliphatic carbocycles. The van der Waals surface area contributed by atoms with Crippen molar-refractivity contribution in [1.82, 2.24) is 0 Å². The Morgan fingerprint density at radius 2 is 1.59 bits per heavy atom. The number of amides is 1. The second-order valence-electron chi connectivity index (χ2n) is 4.33. The first kappa shape index (κ1) is 15.1. The van der Waals surface area contributed by atoms with Crippen LogP contribution in [0.5, 0.6) is 5.75 Å². The molecule has 0 unspecified atom stereocenters. The van der Waals surface area contributed by atoms with Crippen LogP contribution in [0.25, 0.3) is 0 Å². The Morgan fingerprint density at radius 3 is 1.82 bits per heavy atom. The lowest BCUT2D eigenvalue weighted by Crippen LogP contribution is -2.38. The maximum atomic E-state index is 10.7. The van der Waals surface area contributed by atoms with Crippen molar-refractivity contribution in [2.75, 3.05) is 21.1 Å². The Labute approximate surface area is 101 Å². The summed E-state index contributed by atoms with van der Waals surface area (Å²) < 4.78 is 0.417. The number of para-hydroxylation sites is 1. The first-order valence-corrected chi connectivity index (χ1v) is 4.98. The molecule has 1 N–H and O–H groups in total. The average Bonchev–Trinajstić information content (AvgIpc) is 2.17. The molecule has 0 aliphatic rings. The molecule has 5 nitrogen and oxygen atoms in total. The van der Waals surface area contributed by atoms with Crippen LogP contribution in [0.15, 0.2) is 24.3 Å². The summed E-state index contributed by atoms with van der Waals surface area (Å²) >= 11 is 0. The van der Waals surface area contributed by atoms with Gasteiger partial charge in [-0.05, 0) is 6.07 Å². The van der Waals surface area contributed by atoms with Gasteiger partial charge in [0.15, 0.2) is 0 Å². The average molecular weight is 239 g/mol. The Bertz CT molecular complexity index is 407. The smallest absolute Gasteiger partial charge is 0.335 e. The normalized spacial score (nSPS) is 10.1. The van der Waals surface area contributed by atoms with E-state index >= 15 is 0 Å². The fourth-order valence-electron chi connectivity index (χ4n) is 0.643. The van der Waals surface area contributed by atoms with Crippen LogP contribution in [0.4, 0.5) is 0 Å². The van der Waals surface area contributed by atoms with Gasteiger partial charge in [-0.15, -0.1) is 0 Å². The van der Waals surface area contributed by atoms with E-state index in [1.807, 2.05) is 21.1 Å². The van der Waals surface area contributed by atoms with E-state index in [2.05, 4.69) is 0 Å². The Balaban J connectivity index is 0.000000325. The van der Waals surface area contributed by atoms with Gasteiger partial charge in [-0.1, -0.05) is 23.9 Å². The molecule has 0 radical (unpaired) electrons. The van der Waals surface area contributed by atoms with Crippen molar-refractivity contribution in [2.45, 2.75) is 6.92 Å². The maximum absolute atomic E-state index is 10.7. The van der Waals surface area contributed by atoms with Crippen LogP contribution in [-0.4, -0.2) is 42.6 Å². The SMILES string of the molecule is CC(=O)[N+](C)(C)C.O=C(O)c1ccccc1[O-]. The van der Waals surface area contributed by atoms with Crippen molar-refractivity contribution in [3.8, 4) is 5.75 Å². The van der Waals surface area contributed by atoms with Gasteiger partial charge >= 0.3 is 11.9 Å². The van der Waals surface area contributed by atoms with Gasteiger partial charge in [-0.3, -0.25) is 4.48 Å². The summed E-state index contributed by atoms with van der Waals surface area (Å²) in [5.74, 6) is -1.44. The highest BCUT2D eigenvalue weighted by atomic mass is 16.4. The molecule has 17 heavy (non-hydrogen) atoms. The van der Waals surface area contributed by atoms with E-state index in [4.69, 9.17) is 5.11 Å². The van der Waals surface area contributed by atoms with Gasteiger partial charge in [-0.25, -0.2) is 9.59 Å². The van der Waals surface area contributed by atoms with E-state index in [-0.39, 0.29) is 11.5 Å². The Kier molecular flexibility index (Phi) is 5.34. The summed E-state index contributed by atoms with van der Waals surface area (Å²) in [6, 6.07) is 5.54. The molecule has 0 bridgehead atoms. The number of carbonyl (C=O) groups is 2. The fourth-order valence-corrected chi connectivity index (χ4v) is 0.643. The number of rotatable bonds is 1. The molecule has 1 amide bonds. The van der Waals surface area contributed by atoms with E-state index < -0.39 is 11.7 Å². The third-order valence-electron chi connectivity index (χ3n) is 2.06. The lowest BCUT2D eigenvalue weighted by Gasteiger charge is -2.17. The number of benzene rings is 1. The van der Waals surface area contributed by atoms with E-state index in [0.717, 1.165) is 0 Å². The zero-order valence-corrected chi connectivity index (χ0v) is 10.4. The maximum Gasteiger partial charge on any atom is 0.335 e. The summed E-state index contributed by atoms with van der Waals surface area (Å²) in [4.78, 5) is 20.7. The minimum Gasteiger partial charge on any atom is -0.872 e. The molecule has 5 heteroatoms. The molecule has 0 saturated carbocycles. The number of quaternary nitrogens is 1. The summed E-state index contributed by atoms with van der Waals surface area (Å²) in [5, 5.41) is 19.0. The second-order valence-corrected chi connectivity index (χ2v) is 4.33. The molecule has 0 spiro atoms. The quantitative estimate of drug-likeness (QED) is 0.732. The predicted molar refractivity (Wildman–Crippen MR) is 61.6 cm³/mol. The zero-order valence-electron chi connectivity index (χ0n) is 10.4. The molecule has 0 saturated heterocycles. The third kappa shape index (κ3) is 5.67. The monoisotopic (exact) mass is 239 g/mol. The molecule has 0 fully saturated rings. The second kappa shape index (κ2) is 6.00. The number of aromatic carboxylic acids is 1. The van der Waals surface area contributed by atoms with Crippen LogP contribution in [0, 0.1) is 0 Å². The Hall–Kier alpha value is -1.88. The first-order valence-electron chi connectivity index (χ1n) is 4.98. The number of carbonyl (C=O) groups excluding carboxylic acids is 1. The molecular weight excluding hydrogens is 222 g/mol.